The van der Waals surface area contributed by atoms with Gasteiger partial charge in [-0.15, -0.1) is 0 Å². The van der Waals surface area contributed by atoms with E-state index >= 15 is 0 Å². The second-order valence-corrected chi connectivity index (χ2v) is 4.58. The maximum atomic E-state index is 10.9. The van der Waals surface area contributed by atoms with Crippen LogP contribution in [0.15, 0.2) is 6.20 Å². The summed E-state index contributed by atoms with van der Waals surface area (Å²) in [5.41, 5.74) is 0.979. The molecule has 0 bridgehead atoms. The first-order valence-corrected chi connectivity index (χ1v) is 6.42. The van der Waals surface area contributed by atoms with E-state index in [0.717, 1.165) is 5.75 Å². The van der Waals surface area contributed by atoms with Gasteiger partial charge in [0.15, 0.2) is 0 Å². The average molecular weight is 243 g/mol. The summed E-state index contributed by atoms with van der Waals surface area (Å²) in [6.07, 6.45) is 3.43. The van der Waals surface area contributed by atoms with Crippen molar-refractivity contribution in [2.45, 2.75) is 19.5 Å². The van der Waals surface area contributed by atoms with Gasteiger partial charge in [-0.25, -0.2) is 4.79 Å². The smallest absolute Gasteiger partial charge is 0.339 e. The molecule has 5 nitrogen and oxygen atoms in total. The number of carboxylic acid groups (broad SMARTS) is 1. The molecule has 0 radical (unpaired) electrons. The molecule has 1 rings (SSSR count). The van der Waals surface area contributed by atoms with Gasteiger partial charge in [-0.1, -0.05) is 0 Å². The standard InChI is InChI=1S/C10H17N3O2S/c1-7(6-16-3)11-5-9-8(10(14)15)4-12-13(9)2/h4,7,11H,5-6H2,1-3H3,(H,14,15). The largest absolute Gasteiger partial charge is 0.478 e. The van der Waals surface area contributed by atoms with E-state index in [-0.39, 0.29) is 5.56 Å². The number of aromatic carboxylic acids is 1. The molecule has 0 aliphatic carbocycles. The maximum absolute atomic E-state index is 10.9. The van der Waals surface area contributed by atoms with Crippen molar-refractivity contribution >= 4 is 17.7 Å². The molecule has 0 fully saturated rings. The van der Waals surface area contributed by atoms with Gasteiger partial charge in [-0.05, 0) is 13.2 Å². The lowest BCUT2D eigenvalue weighted by molar-refractivity contribution is 0.0695. The van der Waals surface area contributed by atoms with Gasteiger partial charge < -0.3 is 10.4 Å². The topological polar surface area (TPSA) is 67.2 Å². The molecule has 1 heterocycles. The van der Waals surface area contributed by atoms with Crippen molar-refractivity contribution in [3.8, 4) is 0 Å². The number of aromatic nitrogens is 2. The van der Waals surface area contributed by atoms with E-state index in [1.165, 1.54) is 6.20 Å². The normalized spacial score (nSPS) is 12.7. The van der Waals surface area contributed by atoms with E-state index in [1.54, 1.807) is 23.5 Å². The van der Waals surface area contributed by atoms with E-state index in [4.69, 9.17) is 5.11 Å². The highest BCUT2D eigenvalue weighted by Crippen LogP contribution is 2.08. The van der Waals surface area contributed by atoms with E-state index < -0.39 is 5.97 Å². The van der Waals surface area contributed by atoms with Crippen LogP contribution in [0.5, 0.6) is 0 Å². The number of nitrogens with one attached hydrogen (secondary N) is 1. The number of hydrogen-bond acceptors (Lipinski definition) is 4. The predicted octanol–water partition coefficient (Wildman–Crippen LogP) is 0.959. The number of nitrogens with zero attached hydrogens (tertiary/aromatic N) is 2. The highest BCUT2D eigenvalue weighted by atomic mass is 32.2. The molecule has 0 spiro atoms. The van der Waals surface area contributed by atoms with Crippen molar-refractivity contribution in [3.63, 3.8) is 0 Å². The highest BCUT2D eigenvalue weighted by Gasteiger charge is 2.15. The van der Waals surface area contributed by atoms with Gasteiger partial charge in [0, 0.05) is 25.4 Å². The minimum Gasteiger partial charge on any atom is -0.478 e. The number of hydrogen-bond donors (Lipinski definition) is 2. The fourth-order valence-corrected chi connectivity index (χ4v) is 2.05. The van der Waals surface area contributed by atoms with Crippen LogP contribution in [0.2, 0.25) is 0 Å². The van der Waals surface area contributed by atoms with Crippen LogP contribution in [0.1, 0.15) is 23.0 Å². The van der Waals surface area contributed by atoms with Crippen LogP contribution in [-0.2, 0) is 13.6 Å². The van der Waals surface area contributed by atoms with Crippen LogP contribution in [0.4, 0.5) is 0 Å². The Kier molecular flexibility index (Phi) is 4.82. The Morgan fingerprint density at radius 1 is 1.75 bits per heavy atom. The molecule has 0 amide bonds. The summed E-state index contributed by atoms with van der Waals surface area (Å²) in [4.78, 5) is 10.9. The third-order valence-electron chi connectivity index (χ3n) is 2.33. The molecule has 6 heteroatoms. The summed E-state index contributed by atoms with van der Waals surface area (Å²) >= 11 is 1.76. The fourth-order valence-electron chi connectivity index (χ4n) is 1.43. The molecule has 1 aromatic heterocycles. The number of rotatable bonds is 6. The van der Waals surface area contributed by atoms with Gasteiger partial charge in [0.25, 0.3) is 0 Å². The Hall–Kier alpha value is -1.01. The van der Waals surface area contributed by atoms with Crippen LogP contribution >= 0.6 is 11.8 Å². The summed E-state index contributed by atoms with van der Waals surface area (Å²) in [7, 11) is 1.75. The van der Waals surface area contributed by atoms with E-state index in [0.29, 0.717) is 18.3 Å². The lowest BCUT2D eigenvalue weighted by Crippen LogP contribution is -2.29. The lowest BCUT2D eigenvalue weighted by Gasteiger charge is -2.12. The molecule has 16 heavy (non-hydrogen) atoms. The van der Waals surface area contributed by atoms with Gasteiger partial charge in [0.2, 0.25) is 0 Å². The monoisotopic (exact) mass is 243 g/mol. The number of carboxylic acids is 1. The van der Waals surface area contributed by atoms with Gasteiger partial charge in [0.1, 0.15) is 5.56 Å². The number of thioether (sulfide) groups is 1. The summed E-state index contributed by atoms with van der Waals surface area (Å²) < 4.78 is 1.60. The molecule has 0 aromatic carbocycles. The third kappa shape index (κ3) is 3.24. The van der Waals surface area contributed by atoms with Crippen LogP contribution in [0.25, 0.3) is 0 Å². The first-order valence-electron chi connectivity index (χ1n) is 5.02. The average Bonchev–Trinajstić information content (AvgIpc) is 2.57. The predicted molar refractivity (Wildman–Crippen MR) is 64.9 cm³/mol. The van der Waals surface area contributed by atoms with Gasteiger partial charge >= 0.3 is 5.97 Å². The van der Waals surface area contributed by atoms with Crippen molar-refractivity contribution < 1.29 is 9.90 Å². The summed E-state index contributed by atoms with van der Waals surface area (Å²) in [6.45, 7) is 2.60. The Bertz CT molecular complexity index is 365. The minimum absolute atomic E-state index is 0.270. The number of carbonyl (C=O) groups is 1. The minimum atomic E-state index is -0.928. The van der Waals surface area contributed by atoms with Crippen molar-refractivity contribution in [1.29, 1.82) is 0 Å². The SMILES string of the molecule is CSCC(C)NCc1c(C(=O)O)cnn1C. The van der Waals surface area contributed by atoms with Crippen LogP contribution < -0.4 is 5.32 Å². The first kappa shape index (κ1) is 13.1. The lowest BCUT2D eigenvalue weighted by atomic mass is 10.2. The van der Waals surface area contributed by atoms with E-state index in [2.05, 4.69) is 17.3 Å². The molecule has 90 valence electrons. The molecular weight excluding hydrogens is 226 g/mol. The Morgan fingerprint density at radius 3 is 3.00 bits per heavy atom. The molecule has 0 saturated carbocycles. The summed E-state index contributed by atoms with van der Waals surface area (Å²) in [6, 6.07) is 0.353. The van der Waals surface area contributed by atoms with Crippen LogP contribution in [0, 0.1) is 0 Å². The number of aryl methyl sites for hydroxylation is 1. The Morgan fingerprint density at radius 2 is 2.44 bits per heavy atom. The van der Waals surface area contributed by atoms with Crippen LogP contribution in [0.3, 0.4) is 0 Å². The molecule has 1 aromatic rings. The maximum Gasteiger partial charge on any atom is 0.339 e. The Labute approximate surface area is 99.2 Å². The molecule has 0 aliphatic rings. The van der Waals surface area contributed by atoms with Crippen LogP contribution in [-0.4, -0.2) is 38.9 Å². The highest BCUT2D eigenvalue weighted by molar-refractivity contribution is 7.98. The molecule has 0 saturated heterocycles. The second kappa shape index (κ2) is 5.91. The van der Waals surface area contributed by atoms with Crippen molar-refractivity contribution in [2.24, 2.45) is 7.05 Å². The molecule has 0 aliphatic heterocycles. The van der Waals surface area contributed by atoms with Crippen molar-refractivity contribution in [2.75, 3.05) is 12.0 Å². The zero-order valence-corrected chi connectivity index (χ0v) is 10.5. The molecule has 1 atom stereocenters. The fraction of sp³-hybridized carbons (Fsp3) is 0.600. The second-order valence-electron chi connectivity index (χ2n) is 3.67. The molecular formula is C10H17N3O2S. The summed E-state index contributed by atoms with van der Waals surface area (Å²) in [5.74, 6) is 0.0719. The van der Waals surface area contributed by atoms with Gasteiger partial charge in [0.05, 0.1) is 11.9 Å². The quantitative estimate of drug-likeness (QED) is 0.779. The van der Waals surface area contributed by atoms with E-state index in [9.17, 15) is 4.79 Å². The third-order valence-corrected chi connectivity index (χ3v) is 3.16. The zero-order chi connectivity index (χ0) is 12.1. The van der Waals surface area contributed by atoms with Crippen molar-refractivity contribution in [1.82, 2.24) is 15.1 Å². The Balaban J connectivity index is 2.65. The van der Waals surface area contributed by atoms with Gasteiger partial charge in [-0.3, -0.25) is 4.68 Å². The first-order chi connectivity index (χ1) is 7.56. The molecule has 2 N–H and O–H groups in total. The van der Waals surface area contributed by atoms with E-state index in [1.807, 2.05) is 6.26 Å². The summed E-state index contributed by atoms with van der Waals surface area (Å²) in [5, 5.41) is 16.2. The van der Waals surface area contributed by atoms with Gasteiger partial charge in [-0.2, -0.15) is 16.9 Å². The van der Waals surface area contributed by atoms with Crippen molar-refractivity contribution in [3.05, 3.63) is 17.5 Å². The zero-order valence-electron chi connectivity index (χ0n) is 9.73. The molecule has 1 unspecified atom stereocenters.